The van der Waals surface area contributed by atoms with Crippen LogP contribution in [0, 0.1) is 0 Å². The van der Waals surface area contributed by atoms with Gasteiger partial charge in [0.15, 0.2) is 0 Å². The highest BCUT2D eigenvalue weighted by Gasteiger charge is 2.27. The molecule has 0 aliphatic heterocycles. The van der Waals surface area contributed by atoms with Crippen LogP contribution in [-0.2, 0) is 6.42 Å². The molecule has 5 heteroatoms. The van der Waals surface area contributed by atoms with Crippen molar-refractivity contribution in [3.8, 4) is 5.75 Å². The lowest BCUT2D eigenvalue weighted by Crippen LogP contribution is -2.04. The van der Waals surface area contributed by atoms with Gasteiger partial charge in [0, 0.05) is 24.0 Å². The third kappa shape index (κ3) is 2.79. The molecule has 2 N–H and O–H groups in total. The molecule has 0 spiro atoms. The average Bonchev–Trinajstić information content (AvgIpc) is 3.12. The molecule has 1 fully saturated rings. The molecule has 1 aromatic carbocycles. The van der Waals surface area contributed by atoms with E-state index in [0.29, 0.717) is 11.7 Å². The summed E-state index contributed by atoms with van der Waals surface area (Å²) in [6.45, 7) is 0.837. The van der Waals surface area contributed by atoms with Gasteiger partial charge < -0.3 is 10.4 Å². The second-order valence-electron chi connectivity index (χ2n) is 4.58. The summed E-state index contributed by atoms with van der Waals surface area (Å²) in [5.41, 5.74) is 1.20. The minimum atomic E-state index is 0.310. The second kappa shape index (κ2) is 4.94. The van der Waals surface area contributed by atoms with E-state index in [-0.39, 0.29) is 0 Å². The van der Waals surface area contributed by atoms with Crippen molar-refractivity contribution in [3.63, 3.8) is 0 Å². The Balaban J connectivity index is 1.49. The van der Waals surface area contributed by atoms with E-state index in [0.717, 1.165) is 23.9 Å². The molecule has 0 atom stereocenters. The van der Waals surface area contributed by atoms with Crippen LogP contribution in [0.4, 0.5) is 5.13 Å². The summed E-state index contributed by atoms with van der Waals surface area (Å²) < 4.78 is 4.35. The van der Waals surface area contributed by atoms with Gasteiger partial charge in [-0.3, -0.25) is 0 Å². The largest absolute Gasteiger partial charge is 0.508 e. The molecule has 0 bridgehead atoms. The zero-order valence-electron chi connectivity index (χ0n) is 9.97. The number of phenolic OH excluding ortho intramolecular Hbond substituents is 1. The van der Waals surface area contributed by atoms with Crippen LogP contribution in [0.1, 0.15) is 30.1 Å². The highest BCUT2D eigenvalue weighted by Crippen LogP contribution is 2.39. The first-order chi connectivity index (χ1) is 8.81. The van der Waals surface area contributed by atoms with Gasteiger partial charge in [0.2, 0.25) is 5.13 Å². The van der Waals surface area contributed by atoms with E-state index in [1.165, 1.54) is 29.9 Å². The lowest BCUT2D eigenvalue weighted by Gasteiger charge is -2.02. The van der Waals surface area contributed by atoms with Gasteiger partial charge in [-0.25, -0.2) is 4.98 Å². The van der Waals surface area contributed by atoms with Crippen molar-refractivity contribution in [1.29, 1.82) is 0 Å². The number of nitrogens with zero attached hydrogens (tertiary/aromatic N) is 2. The first kappa shape index (κ1) is 11.5. The smallest absolute Gasteiger partial charge is 0.202 e. The minimum absolute atomic E-state index is 0.310. The first-order valence-electron chi connectivity index (χ1n) is 6.16. The number of benzene rings is 1. The number of hydrogen-bond acceptors (Lipinski definition) is 5. The predicted octanol–water partition coefficient (Wildman–Crippen LogP) is 2.78. The van der Waals surface area contributed by atoms with Gasteiger partial charge in [-0.05, 0) is 37.0 Å². The summed E-state index contributed by atoms with van der Waals surface area (Å²) in [4.78, 5) is 4.47. The van der Waals surface area contributed by atoms with Crippen LogP contribution in [0.25, 0.3) is 0 Å². The molecule has 94 valence electrons. The molecule has 0 radical (unpaired) electrons. The molecule has 3 rings (SSSR count). The molecule has 1 aromatic heterocycles. The molecular formula is C13H15N3OS. The summed E-state index contributed by atoms with van der Waals surface area (Å²) >= 11 is 1.44. The summed E-state index contributed by atoms with van der Waals surface area (Å²) in [6.07, 6.45) is 3.39. The quantitative estimate of drug-likeness (QED) is 0.869. The Morgan fingerprint density at radius 3 is 2.78 bits per heavy atom. The standard InChI is InChI=1S/C13H15N3OS/c17-11-5-1-9(2-6-11)7-8-14-13-15-12(16-18-13)10-3-4-10/h1-2,5-6,10,17H,3-4,7-8H2,(H,14,15,16). The lowest BCUT2D eigenvalue weighted by atomic mass is 10.1. The Bertz CT molecular complexity index is 519. The molecule has 4 nitrogen and oxygen atoms in total. The van der Waals surface area contributed by atoms with Gasteiger partial charge in [-0.2, -0.15) is 4.37 Å². The summed E-state index contributed by atoms with van der Waals surface area (Å²) in [5, 5.41) is 13.4. The van der Waals surface area contributed by atoms with Gasteiger partial charge in [0.25, 0.3) is 0 Å². The molecular weight excluding hydrogens is 246 g/mol. The van der Waals surface area contributed by atoms with Crippen LogP contribution >= 0.6 is 11.5 Å². The van der Waals surface area contributed by atoms with Crippen molar-refractivity contribution in [2.24, 2.45) is 0 Å². The SMILES string of the molecule is Oc1ccc(CCNc2nc(C3CC3)ns2)cc1. The van der Waals surface area contributed by atoms with Crippen LogP contribution in [0.15, 0.2) is 24.3 Å². The van der Waals surface area contributed by atoms with E-state index in [1.54, 1.807) is 12.1 Å². The fourth-order valence-corrected chi connectivity index (χ4v) is 2.46. The van der Waals surface area contributed by atoms with Crippen molar-refractivity contribution >= 4 is 16.7 Å². The van der Waals surface area contributed by atoms with Crippen LogP contribution in [-0.4, -0.2) is 21.0 Å². The van der Waals surface area contributed by atoms with Crippen molar-refractivity contribution in [1.82, 2.24) is 9.36 Å². The molecule has 1 saturated carbocycles. The number of nitrogens with one attached hydrogen (secondary N) is 1. The first-order valence-corrected chi connectivity index (χ1v) is 6.94. The van der Waals surface area contributed by atoms with Crippen LogP contribution in [0.3, 0.4) is 0 Å². The number of phenols is 1. The van der Waals surface area contributed by atoms with Crippen LogP contribution in [0.2, 0.25) is 0 Å². The Labute approximate surface area is 110 Å². The van der Waals surface area contributed by atoms with Crippen LogP contribution in [0.5, 0.6) is 5.75 Å². The molecule has 1 heterocycles. The number of aromatic nitrogens is 2. The summed E-state index contributed by atoms with van der Waals surface area (Å²) in [7, 11) is 0. The maximum atomic E-state index is 9.19. The number of hydrogen-bond donors (Lipinski definition) is 2. The lowest BCUT2D eigenvalue weighted by molar-refractivity contribution is 0.475. The Hall–Kier alpha value is -1.62. The van der Waals surface area contributed by atoms with Gasteiger partial charge in [0.05, 0.1) is 0 Å². The maximum absolute atomic E-state index is 9.19. The average molecular weight is 261 g/mol. The normalized spacial score (nSPS) is 14.7. The van der Waals surface area contributed by atoms with Crippen molar-refractivity contribution in [2.45, 2.75) is 25.2 Å². The fraction of sp³-hybridized carbons (Fsp3) is 0.385. The fourth-order valence-electron chi connectivity index (χ4n) is 1.79. The minimum Gasteiger partial charge on any atom is -0.508 e. The van der Waals surface area contributed by atoms with E-state index < -0.39 is 0 Å². The van der Waals surface area contributed by atoms with Gasteiger partial charge >= 0.3 is 0 Å². The van der Waals surface area contributed by atoms with Gasteiger partial charge in [0.1, 0.15) is 11.6 Å². The van der Waals surface area contributed by atoms with Crippen molar-refractivity contribution in [3.05, 3.63) is 35.7 Å². The van der Waals surface area contributed by atoms with Crippen molar-refractivity contribution < 1.29 is 5.11 Å². The van der Waals surface area contributed by atoms with Crippen molar-refractivity contribution in [2.75, 3.05) is 11.9 Å². The molecule has 2 aromatic rings. The zero-order chi connectivity index (χ0) is 12.4. The summed E-state index contributed by atoms with van der Waals surface area (Å²) in [6, 6.07) is 7.30. The van der Waals surface area contributed by atoms with E-state index in [2.05, 4.69) is 14.7 Å². The summed E-state index contributed by atoms with van der Waals surface area (Å²) in [5.74, 6) is 1.94. The van der Waals surface area contributed by atoms with E-state index >= 15 is 0 Å². The molecule has 0 amide bonds. The maximum Gasteiger partial charge on any atom is 0.202 e. The highest BCUT2D eigenvalue weighted by atomic mass is 32.1. The van der Waals surface area contributed by atoms with Gasteiger partial charge in [-0.15, -0.1) is 0 Å². The molecule has 18 heavy (non-hydrogen) atoms. The predicted molar refractivity (Wildman–Crippen MR) is 72.2 cm³/mol. The Kier molecular flexibility index (Phi) is 3.15. The topological polar surface area (TPSA) is 58.0 Å². The second-order valence-corrected chi connectivity index (χ2v) is 5.33. The highest BCUT2D eigenvalue weighted by molar-refractivity contribution is 7.09. The number of rotatable bonds is 5. The van der Waals surface area contributed by atoms with E-state index in [4.69, 9.17) is 0 Å². The van der Waals surface area contributed by atoms with E-state index in [9.17, 15) is 5.11 Å². The zero-order valence-corrected chi connectivity index (χ0v) is 10.8. The third-order valence-corrected chi connectivity index (χ3v) is 3.70. The molecule has 0 saturated heterocycles. The molecule has 1 aliphatic rings. The molecule has 0 unspecified atom stereocenters. The van der Waals surface area contributed by atoms with Crippen LogP contribution < -0.4 is 5.32 Å². The van der Waals surface area contributed by atoms with Gasteiger partial charge in [-0.1, -0.05) is 12.1 Å². The molecule has 1 aliphatic carbocycles. The monoisotopic (exact) mass is 261 g/mol. The number of aromatic hydroxyl groups is 1. The number of anilines is 1. The van der Waals surface area contributed by atoms with E-state index in [1.807, 2.05) is 12.1 Å². The Morgan fingerprint density at radius 2 is 2.06 bits per heavy atom. The Morgan fingerprint density at radius 1 is 1.28 bits per heavy atom. The third-order valence-electron chi connectivity index (χ3n) is 3.01.